The Morgan fingerprint density at radius 2 is 2.06 bits per heavy atom. The predicted molar refractivity (Wildman–Crippen MR) is 71.0 cm³/mol. The number of likely N-dealkylation sites (tertiary alicyclic amines) is 1. The van der Waals surface area contributed by atoms with E-state index in [0.717, 1.165) is 12.1 Å². The molecule has 1 aliphatic heterocycles. The van der Waals surface area contributed by atoms with Gasteiger partial charge >= 0.3 is 0 Å². The Labute approximate surface area is 109 Å². The van der Waals surface area contributed by atoms with Gasteiger partial charge in [0.05, 0.1) is 17.7 Å². The van der Waals surface area contributed by atoms with Gasteiger partial charge in [-0.15, -0.1) is 0 Å². The van der Waals surface area contributed by atoms with Gasteiger partial charge in [-0.3, -0.25) is 4.90 Å². The van der Waals surface area contributed by atoms with Crippen molar-refractivity contribution in [2.24, 2.45) is 0 Å². The van der Waals surface area contributed by atoms with Crippen LogP contribution in [0, 0.1) is 11.3 Å². The fourth-order valence-electron chi connectivity index (χ4n) is 2.60. The van der Waals surface area contributed by atoms with Crippen LogP contribution >= 0.6 is 0 Å². The minimum Gasteiger partial charge on any atom is -0.387 e. The van der Waals surface area contributed by atoms with Crippen LogP contribution in [0.4, 0.5) is 0 Å². The third kappa shape index (κ3) is 2.72. The van der Waals surface area contributed by atoms with E-state index in [1.54, 1.807) is 12.1 Å². The lowest BCUT2D eigenvalue weighted by molar-refractivity contribution is 0.0779. The van der Waals surface area contributed by atoms with Crippen LogP contribution in [-0.4, -0.2) is 28.6 Å². The van der Waals surface area contributed by atoms with Crippen molar-refractivity contribution < 1.29 is 5.11 Å². The number of nitrogens with zero attached hydrogens (tertiary/aromatic N) is 2. The number of β-amino-alcohol motifs (C(OH)–C–C–N with tert-alkyl or cyclic N) is 1. The molecule has 1 aromatic rings. The SMILES string of the molecule is CC1(C)CCCN1CC(O)c1ccc(C#N)cc1. The minimum absolute atomic E-state index is 0.188. The zero-order valence-corrected chi connectivity index (χ0v) is 11.1. The van der Waals surface area contributed by atoms with E-state index >= 15 is 0 Å². The van der Waals surface area contributed by atoms with Gasteiger partial charge < -0.3 is 5.11 Å². The largest absolute Gasteiger partial charge is 0.387 e. The third-order valence-corrected chi connectivity index (χ3v) is 3.89. The molecule has 2 rings (SSSR count). The molecule has 1 aliphatic rings. The van der Waals surface area contributed by atoms with Gasteiger partial charge in [-0.25, -0.2) is 0 Å². The Morgan fingerprint density at radius 1 is 1.39 bits per heavy atom. The average Bonchev–Trinajstić information content (AvgIpc) is 2.69. The van der Waals surface area contributed by atoms with Gasteiger partial charge in [0.1, 0.15) is 0 Å². The molecule has 0 aliphatic carbocycles. The maximum Gasteiger partial charge on any atom is 0.0991 e. The molecule has 1 heterocycles. The molecule has 1 saturated heterocycles. The molecule has 1 atom stereocenters. The average molecular weight is 244 g/mol. The van der Waals surface area contributed by atoms with Crippen molar-refractivity contribution >= 4 is 0 Å². The molecule has 3 heteroatoms. The highest BCUT2D eigenvalue weighted by Gasteiger charge is 2.32. The first-order valence-electron chi connectivity index (χ1n) is 6.46. The second kappa shape index (κ2) is 5.09. The van der Waals surface area contributed by atoms with Crippen LogP contribution in [0.3, 0.4) is 0 Å². The first kappa shape index (κ1) is 13.1. The number of hydrogen-bond acceptors (Lipinski definition) is 3. The molecule has 0 saturated carbocycles. The molecule has 0 amide bonds. The van der Waals surface area contributed by atoms with Crippen LogP contribution in [0.5, 0.6) is 0 Å². The second-order valence-electron chi connectivity index (χ2n) is 5.61. The van der Waals surface area contributed by atoms with E-state index in [2.05, 4.69) is 24.8 Å². The molecule has 1 fully saturated rings. The summed E-state index contributed by atoms with van der Waals surface area (Å²) in [6.45, 7) is 6.18. The molecule has 3 nitrogen and oxygen atoms in total. The standard InChI is InChI=1S/C15H20N2O/c1-15(2)8-3-9-17(15)11-14(18)13-6-4-12(10-16)5-7-13/h4-7,14,18H,3,8-9,11H2,1-2H3. The van der Waals surface area contributed by atoms with E-state index in [1.807, 2.05) is 12.1 Å². The van der Waals surface area contributed by atoms with Crippen molar-refractivity contribution in [3.63, 3.8) is 0 Å². The number of benzene rings is 1. The van der Waals surface area contributed by atoms with Crippen LogP contribution in [0.25, 0.3) is 0 Å². The molecule has 1 N–H and O–H groups in total. The predicted octanol–water partition coefficient (Wildman–Crippen LogP) is 2.47. The third-order valence-electron chi connectivity index (χ3n) is 3.89. The van der Waals surface area contributed by atoms with Crippen LogP contribution < -0.4 is 0 Å². The Morgan fingerprint density at radius 3 is 2.56 bits per heavy atom. The maximum atomic E-state index is 10.3. The Hall–Kier alpha value is -1.37. The van der Waals surface area contributed by atoms with Crippen molar-refractivity contribution in [1.82, 2.24) is 4.90 Å². The van der Waals surface area contributed by atoms with Crippen LogP contribution in [0.1, 0.15) is 43.9 Å². The molecule has 0 aromatic heterocycles. The van der Waals surface area contributed by atoms with E-state index in [9.17, 15) is 5.11 Å². The van der Waals surface area contributed by atoms with Gasteiger partial charge in [-0.2, -0.15) is 5.26 Å². The Balaban J connectivity index is 2.03. The van der Waals surface area contributed by atoms with Gasteiger partial charge in [-0.1, -0.05) is 12.1 Å². The molecule has 0 spiro atoms. The summed E-state index contributed by atoms with van der Waals surface area (Å²) >= 11 is 0. The Bertz CT molecular complexity index is 445. The molecule has 18 heavy (non-hydrogen) atoms. The molecule has 1 aromatic carbocycles. The highest BCUT2D eigenvalue weighted by molar-refractivity contribution is 5.32. The summed E-state index contributed by atoms with van der Waals surface area (Å²) in [6, 6.07) is 9.28. The van der Waals surface area contributed by atoms with E-state index in [-0.39, 0.29) is 5.54 Å². The number of aliphatic hydroxyl groups excluding tert-OH is 1. The van der Waals surface area contributed by atoms with E-state index in [0.29, 0.717) is 12.1 Å². The summed E-state index contributed by atoms with van der Waals surface area (Å²) in [5, 5.41) is 19.0. The summed E-state index contributed by atoms with van der Waals surface area (Å²) in [4.78, 5) is 2.34. The zero-order chi connectivity index (χ0) is 13.2. The number of rotatable bonds is 3. The molecule has 0 bridgehead atoms. The fraction of sp³-hybridized carbons (Fsp3) is 0.533. The smallest absolute Gasteiger partial charge is 0.0991 e. The van der Waals surface area contributed by atoms with Crippen LogP contribution in [0.15, 0.2) is 24.3 Å². The van der Waals surface area contributed by atoms with Gasteiger partial charge in [0.15, 0.2) is 0 Å². The second-order valence-corrected chi connectivity index (χ2v) is 5.61. The number of nitriles is 1. The lowest BCUT2D eigenvalue weighted by Crippen LogP contribution is -2.40. The highest BCUT2D eigenvalue weighted by atomic mass is 16.3. The molecular weight excluding hydrogens is 224 g/mol. The summed E-state index contributed by atoms with van der Waals surface area (Å²) in [5.74, 6) is 0. The van der Waals surface area contributed by atoms with Gasteiger partial charge in [0.2, 0.25) is 0 Å². The first-order valence-corrected chi connectivity index (χ1v) is 6.46. The van der Waals surface area contributed by atoms with Crippen LogP contribution in [-0.2, 0) is 0 Å². The first-order chi connectivity index (χ1) is 8.53. The molecule has 96 valence electrons. The zero-order valence-electron chi connectivity index (χ0n) is 11.1. The maximum absolute atomic E-state index is 10.3. The van der Waals surface area contributed by atoms with Crippen molar-refractivity contribution in [2.45, 2.75) is 38.3 Å². The highest BCUT2D eigenvalue weighted by Crippen LogP contribution is 2.30. The van der Waals surface area contributed by atoms with E-state index in [4.69, 9.17) is 5.26 Å². The normalized spacial score (nSPS) is 20.6. The molecule has 1 unspecified atom stereocenters. The number of aliphatic hydroxyl groups is 1. The van der Waals surface area contributed by atoms with Crippen molar-refractivity contribution in [3.05, 3.63) is 35.4 Å². The monoisotopic (exact) mass is 244 g/mol. The quantitative estimate of drug-likeness (QED) is 0.888. The molecule has 0 radical (unpaired) electrons. The lowest BCUT2D eigenvalue weighted by atomic mass is 10.0. The lowest BCUT2D eigenvalue weighted by Gasteiger charge is -2.33. The van der Waals surface area contributed by atoms with Gasteiger partial charge in [-0.05, 0) is 50.9 Å². The van der Waals surface area contributed by atoms with Gasteiger partial charge in [0.25, 0.3) is 0 Å². The summed E-state index contributed by atoms with van der Waals surface area (Å²) in [7, 11) is 0. The summed E-state index contributed by atoms with van der Waals surface area (Å²) < 4.78 is 0. The fourth-order valence-corrected chi connectivity index (χ4v) is 2.60. The van der Waals surface area contributed by atoms with Gasteiger partial charge in [0, 0.05) is 12.1 Å². The van der Waals surface area contributed by atoms with Crippen LogP contribution in [0.2, 0.25) is 0 Å². The van der Waals surface area contributed by atoms with E-state index < -0.39 is 6.10 Å². The van der Waals surface area contributed by atoms with E-state index in [1.165, 1.54) is 12.8 Å². The topological polar surface area (TPSA) is 47.3 Å². The number of hydrogen-bond donors (Lipinski definition) is 1. The van der Waals surface area contributed by atoms with Crippen molar-refractivity contribution in [3.8, 4) is 6.07 Å². The van der Waals surface area contributed by atoms with Crippen molar-refractivity contribution in [2.75, 3.05) is 13.1 Å². The molecular formula is C15H20N2O. The summed E-state index contributed by atoms with van der Waals surface area (Å²) in [5.41, 5.74) is 1.71. The minimum atomic E-state index is -0.477. The Kier molecular flexibility index (Phi) is 3.70. The summed E-state index contributed by atoms with van der Waals surface area (Å²) in [6.07, 6.45) is 1.91. The van der Waals surface area contributed by atoms with Crippen molar-refractivity contribution in [1.29, 1.82) is 5.26 Å².